The Labute approximate surface area is 166 Å². The van der Waals surface area contributed by atoms with Gasteiger partial charge >= 0.3 is 0 Å². The Kier molecular flexibility index (Phi) is 5.65. The molecule has 7 heteroatoms. The van der Waals surface area contributed by atoms with Crippen molar-refractivity contribution >= 4 is 40.6 Å². The molecule has 2 aromatic carbocycles. The summed E-state index contributed by atoms with van der Waals surface area (Å²) in [5.74, 6) is -1.76. The lowest BCUT2D eigenvalue weighted by Crippen LogP contribution is -2.36. The minimum absolute atomic E-state index is 0.000850. The third-order valence-electron chi connectivity index (χ3n) is 4.34. The molecule has 0 saturated carbocycles. The van der Waals surface area contributed by atoms with Crippen LogP contribution in [-0.2, 0) is 9.59 Å². The zero-order chi connectivity index (χ0) is 20.4. The summed E-state index contributed by atoms with van der Waals surface area (Å²) in [4.78, 5) is 38.2. The standard InChI is InChI=1S/C21H19FN2O3S/c1-12-8-13(2)15(14(3)9-12)10-18-20(26)24(21(27)28-18)11-19(25)23-17-7-5-4-6-16(17)22/h4-10H,11H2,1-3H3,(H,23,25). The number of imide groups is 1. The van der Waals surface area contributed by atoms with Crippen LogP contribution in [0.1, 0.15) is 22.3 Å². The van der Waals surface area contributed by atoms with Crippen LogP contribution >= 0.6 is 11.8 Å². The number of carbonyl (C=O) groups is 3. The van der Waals surface area contributed by atoms with E-state index in [1.807, 2.05) is 32.9 Å². The number of para-hydroxylation sites is 1. The number of carbonyl (C=O) groups excluding carboxylic acids is 3. The van der Waals surface area contributed by atoms with E-state index in [2.05, 4.69) is 5.32 Å². The Morgan fingerprint density at radius 2 is 1.79 bits per heavy atom. The van der Waals surface area contributed by atoms with Crippen LogP contribution in [0.4, 0.5) is 14.9 Å². The number of halogens is 1. The number of benzene rings is 2. The van der Waals surface area contributed by atoms with Gasteiger partial charge in [0.05, 0.1) is 10.6 Å². The molecule has 2 aromatic rings. The Bertz CT molecular complexity index is 993. The van der Waals surface area contributed by atoms with E-state index >= 15 is 0 Å². The fraction of sp³-hybridized carbons (Fsp3) is 0.190. The second-order valence-electron chi connectivity index (χ2n) is 6.61. The lowest BCUT2D eigenvalue weighted by molar-refractivity contribution is -0.127. The molecule has 1 saturated heterocycles. The highest BCUT2D eigenvalue weighted by atomic mass is 32.2. The molecule has 0 aliphatic carbocycles. The van der Waals surface area contributed by atoms with Crippen LogP contribution in [0.15, 0.2) is 41.3 Å². The summed E-state index contributed by atoms with van der Waals surface area (Å²) in [6, 6.07) is 9.71. The average molecular weight is 398 g/mol. The summed E-state index contributed by atoms with van der Waals surface area (Å²) in [7, 11) is 0. The Balaban J connectivity index is 1.77. The number of nitrogens with one attached hydrogen (secondary N) is 1. The molecule has 5 nitrogen and oxygen atoms in total. The normalized spacial score (nSPS) is 15.4. The quantitative estimate of drug-likeness (QED) is 0.774. The monoisotopic (exact) mass is 398 g/mol. The molecule has 0 unspecified atom stereocenters. The van der Waals surface area contributed by atoms with Crippen LogP contribution < -0.4 is 5.32 Å². The molecule has 0 radical (unpaired) electrons. The maximum Gasteiger partial charge on any atom is 0.294 e. The minimum Gasteiger partial charge on any atom is -0.322 e. The first-order valence-corrected chi connectivity index (χ1v) is 9.45. The molecule has 28 heavy (non-hydrogen) atoms. The highest BCUT2D eigenvalue weighted by molar-refractivity contribution is 8.18. The van der Waals surface area contributed by atoms with Gasteiger partial charge in [-0.25, -0.2) is 4.39 Å². The number of rotatable bonds is 4. The number of hydrogen-bond donors (Lipinski definition) is 1. The molecule has 1 heterocycles. The van der Waals surface area contributed by atoms with Gasteiger partial charge in [0.15, 0.2) is 0 Å². The molecule has 144 valence electrons. The van der Waals surface area contributed by atoms with Gasteiger partial charge in [0, 0.05) is 0 Å². The van der Waals surface area contributed by atoms with Gasteiger partial charge in [-0.1, -0.05) is 29.8 Å². The van der Waals surface area contributed by atoms with Gasteiger partial charge in [-0.3, -0.25) is 19.3 Å². The van der Waals surface area contributed by atoms with Crippen LogP contribution in [0.2, 0.25) is 0 Å². The fourth-order valence-corrected chi connectivity index (χ4v) is 3.90. The van der Waals surface area contributed by atoms with E-state index in [1.54, 1.807) is 12.1 Å². The Morgan fingerprint density at radius 3 is 2.43 bits per heavy atom. The summed E-state index contributed by atoms with van der Waals surface area (Å²) < 4.78 is 13.6. The third-order valence-corrected chi connectivity index (χ3v) is 5.24. The number of thioether (sulfide) groups is 1. The van der Waals surface area contributed by atoms with Gasteiger partial charge in [0.25, 0.3) is 11.1 Å². The summed E-state index contributed by atoms with van der Waals surface area (Å²) >= 11 is 0.794. The second-order valence-corrected chi connectivity index (χ2v) is 7.60. The van der Waals surface area contributed by atoms with Gasteiger partial charge in [0.1, 0.15) is 12.4 Å². The second kappa shape index (κ2) is 7.98. The zero-order valence-electron chi connectivity index (χ0n) is 15.7. The molecule has 0 bridgehead atoms. The number of nitrogens with zero attached hydrogens (tertiary/aromatic N) is 1. The van der Waals surface area contributed by atoms with Gasteiger partial charge in [-0.05, 0) is 67.4 Å². The van der Waals surface area contributed by atoms with Gasteiger partial charge < -0.3 is 5.32 Å². The fourth-order valence-electron chi connectivity index (χ4n) is 3.08. The third kappa shape index (κ3) is 4.14. The first kappa shape index (κ1) is 19.8. The first-order valence-electron chi connectivity index (χ1n) is 8.64. The van der Waals surface area contributed by atoms with Crippen LogP contribution in [0.5, 0.6) is 0 Å². The lowest BCUT2D eigenvalue weighted by atomic mass is 9.99. The van der Waals surface area contributed by atoms with Crippen molar-refractivity contribution in [3.63, 3.8) is 0 Å². The van der Waals surface area contributed by atoms with E-state index in [0.717, 1.165) is 38.9 Å². The van der Waals surface area contributed by atoms with Crippen molar-refractivity contribution in [2.75, 3.05) is 11.9 Å². The molecular weight excluding hydrogens is 379 g/mol. The highest BCUT2D eigenvalue weighted by Gasteiger charge is 2.36. The van der Waals surface area contributed by atoms with E-state index in [1.165, 1.54) is 18.2 Å². The van der Waals surface area contributed by atoms with Crippen molar-refractivity contribution in [3.8, 4) is 0 Å². The SMILES string of the molecule is Cc1cc(C)c(C=C2SC(=O)N(CC(=O)Nc3ccccc3F)C2=O)c(C)c1. The van der Waals surface area contributed by atoms with E-state index in [9.17, 15) is 18.8 Å². The molecular formula is C21H19FN2O3S. The van der Waals surface area contributed by atoms with Gasteiger partial charge in [0.2, 0.25) is 5.91 Å². The van der Waals surface area contributed by atoms with E-state index in [4.69, 9.17) is 0 Å². The number of aryl methyl sites for hydroxylation is 3. The lowest BCUT2D eigenvalue weighted by Gasteiger charge is -2.13. The summed E-state index contributed by atoms with van der Waals surface area (Å²) in [5.41, 5.74) is 4.00. The number of hydrogen-bond acceptors (Lipinski definition) is 4. The largest absolute Gasteiger partial charge is 0.322 e. The summed E-state index contributed by atoms with van der Waals surface area (Å²) in [6.45, 7) is 5.41. The van der Waals surface area contributed by atoms with E-state index < -0.39 is 29.4 Å². The Hall–Kier alpha value is -2.93. The molecule has 0 aromatic heterocycles. The number of anilines is 1. The number of amides is 3. The molecule has 1 aliphatic rings. The average Bonchev–Trinajstić information content (AvgIpc) is 2.87. The topological polar surface area (TPSA) is 66.5 Å². The van der Waals surface area contributed by atoms with Crippen LogP contribution in [0, 0.1) is 26.6 Å². The van der Waals surface area contributed by atoms with Gasteiger partial charge in [-0.15, -0.1) is 0 Å². The van der Waals surface area contributed by atoms with Crippen LogP contribution in [-0.4, -0.2) is 28.5 Å². The van der Waals surface area contributed by atoms with Crippen molar-refractivity contribution in [3.05, 3.63) is 69.4 Å². The highest BCUT2D eigenvalue weighted by Crippen LogP contribution is 2.33. The molecule has 1 aliphatic heterocycles. The first-order chi connectivity index (χ1) is 13.3. The zero-order valence-corrected chi connectivity index (χ0v) is 16.5. The molecule has 3 amide bonds. The van der Waals surface area contributed by atoms with Crippen molar-refractivity contribution in [1.29, 1.82) is 0 Å². The predicted molar refractivity (Wildman–Crippen MR) is 108 cm³/mol. The minimum atomic E-state index is -0.642. The van der Waals surface area contributed by atoms with Crippen LogP contribution in [0.3, 0.4) is 0 Å². The summed E-state index contributed by atoms with van der Waals surface area (Å²) in [5, 5.41) is 1.85. The molecule has 0 atom stereocenters. The Morgan fingerprint density at radius 1 is 1.14 bits per heavy atom. The van der Waals surface area contributed by atoms with Crippen molar-refractivity contribution in [2.45, 2.75) is 20.8 Å². The molecule has 1 N–H and O–H groups in total. The smallest absolute Gasteiger partial charge is 0.294 e. The van der Waals surface area contributed by atoms with Crippen molar-refractivity contribution < 1.29 is 18.8 Å². The van der Waals surface area contributed by atoms with Crippen LogP contribution in [0.25, 0.3) is 6.08 Å². The maximum absolute atomic E-state index is 13.6. The summed E-state index contributed by atoms with van der Waals surface area (Å²) in [6.07, 6.45) is 1.68. The van der Waals surface area contributed by atoms with Crippen molar-refractivity contribution in [1.82, 2.24) is 4.90 Å². The van der Waals surface area contributed by atoms with Gasteiger partial charge in [-0.2, -0.15) is 0 Å². The van der Waals surface area contributed by atoms with Crippen molar-refractivity contribution in [2.24, 2.45) is 0 Å². The molecule has 1 fully saturated rings. The maximum atomic E-state index is 13.6. The molecule has 3 rings (SSSR count). The van der Waals surface area contributed by atoms with E-state index in [-0.39, 0.29) is 10.6 Å². The predicted octanol–water partition coefficient (Wildman–Crippen LogP) is 4.43. The molecule has 0 spiro atoms. The van der Waals surface area contributed by atoms with E-state index in [0.29, 0.717) is 0 Å².